The number of nitrogens with zero attached hydrogens (tertiary/aromatic N) is 3. The van der Waals surface area contributed by atoms with E-state index in [-0.39, 0.29) is 23.4 Å². The van der Waals surface area contributed by atoms with E-state index in [9.17, 15) is 9.18 Å². The molecule has 0 unspecified atom stereocenters. The quantitative estimate of drug-likeness (QED) is 0.605. The molecule has 29 heavy (non-hydrogen) atoms. The molecule has 0 spiro atoms. The summed E-state index contributed by atoms with van der Waals surface area (Å²) in [6.45, 7) is 7.84. The van der Waals surface area contributed by atoms with Gasteiger partial charge in [0.1, 0.15) is 11.5 Å². The van der Waals surface area contributed by atoms with Gasteiger partial charge in [0, 0.05) is 35.8 Å². The lowest BCUT2D eigenvalue weighted by atomic mass is 10.2. The van der Waals surface area contributed by atoms with Gasteiger partial charge in [0.15, 0.2) is 0 Å². The lowest BCUT2D eigenvalue weighted by Crippen LogP contribution is -2.21. The van der Waals surface area contributed by atoms with Crippen molar-refractivity contribution in [3.05, 3.63) is 71.8 Å². The number of benzene rings is 2. The Morgan fingerprint density at radius 1 is 0.966 bits per heavy atom. The van der Waals surface area contributed by atoms with Crippen molar-refractivity contribution in [2.24, 2.45) is 0 Å². The normalized spacial score (nSPS) is 10.5. The van der Waals surface area contributed by atoms with Gasteiger partial charge in [-0.2, -0.15) is 0 Å². The van der Waals surface area contributed by atoms with Crippen LogP contribution in [0.4, 0.5) is 27.4 Å². The number of nitrogens with one attached hydrogen (secondary N) is 2. The van der Waals surface area contributed by atoms with E-state index in [1.807, 2.05) is 24.3 Å². The second-order valence-corrected chi connectivity index (χ2v) is 6.52. The molecule has 0 fully saturated rings. The van der Waals surface area contributed by atoms with Crippen LogP contribution in [0.25, 0.3) is 0 Å². The number of hydrogen-bond acceptors (Lipinski definition) is 5. The Labute approximate surface area is 169 Å². The van der Waals surface area contributed by atoms with Gasteiger partial charge in [0.05, 0.1) is 0 Å². The van der Waals surface area contributed by atoms with Crippen LogP contribution in [-0.4, -0.2) is 29.0 Å². The summed E-state index contributed by atoms with van der Waals surface area (Å²) in [5.74, 6) is -0.375. The summed E-state index contributed by atoms with van der Waals surface area (Å²) in [6, 6.07) is 15.2. The number of carbonyl (C=O) groups is 1. The van der Waals surface area contributed by atoms with Gasteiger partial charge in [-0.15, -0.1) is 0 Å². The second-order valence-electron chi connectivity index (χ2n) is 6.52. The molecule has 1 amide bonds. The van der Waals surface area contributed by atoms with E-state index in [1.54, 1.807) is 25.1 Å². The van der Waals surface area contributed by atoms with E-state index in [1.165, 1.54) is 12.1 Å². The summed E-state index contributed by atoms with van der Waals surface area (Å²) in [6.07, 6.45) is 0. The lowest BCUT2D eigenvalue weighted by molar-refractivity contribution is 0.102. The molecular formula is C22H24FN5O. The molecule has 1 heterocycles. The molecule has 0 aliphatic rings. The molecule has 1 aromatic heterocycles. The van der Waals surface area contributed by atoms with Crippen LogP contribution in [-0.2, 0) is 0 Å². The first-order valence-corrected chi connectivity index (χ1v) is 9.53. The summed E-state index contributed by atoms with van der Waals surface area (Å²) < 4.78 is 13.1. The molecule has 0 bridgehead atoms. The fourth-order valence-corrected chi connectivity index (χ4v) is 2.94. The van der Waals surface area contributed by atoms with Crippen molar-refractivity contribution in [1.29, 1.82) is 0 Å². The summed E-state index contributed by atoms with van der Waals surface area (Å²) >= 11 is 0. The third-order valence-corrected chi connectivity index (χ3v) is 4.44. The monoisotopic (exact) mass is 393 g/mol. The van der Waals surface area contributed by atoms with E-state index in [2.05, 4.69) is 39.3 Å². The van der Waals surface area contributed by atoms with E-state index in [0.29, 0.717) is 17.1 Å². The number of amides is 1. The summed E-state index contributed by atoms with van der Waals surface area (Å²) in [7, 11) is 0. The van der Waals surface area contributed by atoms with Gasteiger partial charge < -0.3 is 15.5 Å². The summed E-state index contributed by atoms with van der Waals surface area (Å²) in [5, 5.41) is 5.85. The van der Waals surface area contributed by atoms with E-state index >= 15 is 0 Å². The van der Waals surface area contributed by atoms with Crippen molar-refractivity contribution in [2.45, 2.75) is 20.8 Å². The lowest BCUT2D eigenvalue weighted by Gasteiger charge is -2.21. The van der Waals surface area contributed by atoms with Crippen molar-refractivity contribution >= 4 is 28.9 Å². The number of aryl methyl sites for hydroxylation is 1. The van der Waals surface area contributed by atoms with Gasteiger partial charge in [-0.1, -0.05) is 0 Å². The maximum absolute atomic E-state index is 13.1. The van der Waals surface area contributed by atoms with Crippen molar-refractivity contribution < 1.29 is 9.18 Å². The Kier molecular flexibility index (Phi) is 6.39. The van der Waals surface area contributed by atoms with Gasteiger partial charge in [-0.25, -0.2) is 14.4 Å². The third kappa shape index (κ3) is 5.28. The Morgan fingerprint density at radius 3 is 2.21 bits per heavy atom. The van der Waals surface area contributed by atoms with Crippen LogP contribution >= 0.6 is 0 Å². The molecule has 2 N–H and O–H groups in total. The van der Waals surface area contributed by atoms with Gasteiger partial charge in [0.2, 0.25) is 5.95 Å². The molecule has 0 saturated heterocycles. The fourth-order valence-electron chi connectivity index (χ4n) is 2.94. The van der Waals surface area contributed by atoms with Crippen LogP contribution < -0.4 is 15.5 Å². The van der Waals surface area contributed by atoms with Crippen molar-refractivity contribution in [3.63, 3.8) is 0 Å². The summed E-state index contributed by atoms with van der Waals surface area (Å²) in [4.78, 5) is 23.5. The zero-order valence-corrected chi connectivity index (χ0v) is 16.7. The molecule has 6 nitrogen and oxygen atoms in total. The van der Waals surface area contributed by atoms with E-state index < -0.39 is 0 Å². The number of hydrogen-bond donors (Lipinski definition) is 2. The highest BCUT2D eigenvalue weighted by atomic mass is 19.1. The van der Waals surface area contributed by atoms with Crippen LogP contribution in [0.1, 0.15) is 30.0 Å². The SMILES string of the molecule is CCN(CC)c1ccc(NC(=O)c2cc(C)nc(Nc3ccc(F)cc3)n2)cc1. The largest absolute Gasteiger partial charge is 0.372 e. The van der Waals surface area contributed by atoms with Crippen molar-refractivity contribution in [3.8, 4) is 0 Å². The van der Waals surface area contributed by atoms with Crippen molar-refractivity contribution in [2.75, 3.05) is 28.6 Å². The molecule has 7 heteroatoms. The smallest absolute Gasteiger partial charge is 0.274 e. The molecule has 0 radical (unpaired) electrons. The first-order chi connectivity index (χ1) is 14.0. The molecule has 2 aromatic carbocycles. The average Bonchev–Trinajstić information content (AvgIpc) is 2.71. The Bertz CT molecular complexity index is 969. The van der Waals surface area contributed by atoms with Crippen LogP contribution in [0.15, 0.2) is 54.6 Å². The predicted molar refractivity (Wildman–Crippen MR) is 114 cm³/mol. The van der Waals surface area contributed by atoms with Crippen LogP contribution in [0.3, 0.4) is 0 Å². The Hall–Kier alpha value is -3.48. The molecule has 3 rings (SSSR count). The number of rotatable bonds is 7. The van der Waals surface area contributed by atoms with Crippen LogP contribution in [0, 0.1) is 12.7 Å². The third-order valence-electron chi connectivity index (χ3n) is 4.44. The Balaban J connectivity index is 1.73. The minimum Gasteiger partial charge on any atom is -0.372 e. The maximum atomic E-state index is 13.1. The molecule has 0 atom stereocenters. The molecule has 150 valence electrons. The molecule has 0 aliphatic carbocycles. The minimum absolute atomic E-state index is 0.245. The summed E-state index contributed by atoms with van der Waals surface area (Å²) in [5.41, 5.74) is 3.32. The van der Waals surface area contributed by atoms with Crippen LogP contribution in [0.2, 0.25) is 0 Å². The number of carbonyl (C=O) groups excluding carboxylic acids is 1. The first kappa shape index (κ1) is 20.3. The highest BCUT2D eigenvalue weighted by Crippen LogP contribution is 2.19. The van der Waals surface area contributed by atoms with E-state index in [0.717, 1.165) is 18.8 Å². The van der Waals surface area contributed by atoms with Gasteiger partial charge >= 0.3 is 0 Å². The highest BCUT2D eigenvalue weighted by Gasteiger charge is 2.12. The molecule has 0 saturated carbocycles. The topological polar surface area (TPSA) is 70.2 Å². The Morgan fingerprint density at radius 2 is 1.59 bits per heavy atom. The number of aromatic nitrogens is 2. The average molecular weight is 393 g/mol. The predicted octanol–water partition coefficient (Wildman–Crippen LogP) is 4.77. The van der Waals surface area contributed by atoms with Gasteiger partial charge in [-0.3, -0.25) is 4.79 Å². The maximum Gasteiger partial charge on any atom is 0.274 e. The van der Waals surface area contributed by atoms with Gasteiger partial charge in [-0.05, 0) is 75.4 Å². The zero-order valence-electron chi connectivity index (χ0n) is 16.7. The van der Waals surface area contributed by atoms with E-state index in [4.69, 9.17) is 0 Å². The highest BCUT2D eigenvalue weighted by molar-refractivity contribution is 6.03. The fraction of sp³-hybridized carbons (Fsp3) is 0.227. The molecular weight excluding hydrogens is 369 g/mol. The standard InChI is InChI=1S/C22H24FN5O/c1-4-28(5-2)19-12-10-17(11-13-19)25-21(29)20-14-15(3)24-22(27-20)26-18-8-6-16(23)7-9-18/h6-14H,4-5H2,1-3H3,(H,25,29)(H,24,26,27). The van der Waals surface area contributed by atoms with Crippen molar-refractivity contribution in [1.82, 2.24) is 9.97 Å². The van der Waals surface area contributed by atoms with Gasteiger partial charge in [0.25, 0.3) is 5.91 Å². The minimum atomic E-state index is -0.326. The molecule has 0 aliphatic heterocycles. The second kappa shape index (κ2) is 9.14. The zero-order chi connectivity index (χ0) is 20.8. The van der Waals surface area contributed by atoms with Crippen LogP contribution in [0.5, 0.6) is 0 Å². The first-order valence-electron chi connectivity index (χ1n) is 9.53. The number of halogens is 1. The molecule has 3 aromatic rings. The number of anilines is 4.